The summed E-state index contributed by atoms with van der Waals surface area (Å²) in [4.78, 5) is 4.33. The maximum Gasteiger partial charge on any atom is 0.0778 e. The number of nitrogens with two attached hydrogens (primary N) is 1. The number of fused-ring (bicyclic) bond motifs is 1. The molecule has 0 amide bonds. The monoisotopic (exact) mass is 259 g/mol. The van der Waals surface area contributed by atoms with Gasteiger partial charge < -0.3 is 4.74 Å². The molecule has 2 rings (SSSR count). The molecule has 2 unspecified atom stereocenters. The molecule has 0 bridgehead atoms. The van der Waals surface area contributed by atoms with Crippen molar-refractivity contribution in [3.8, 4) is 0 Å². The molecular weight excluding hydrogens is 238 g/mol. The van der Waals surface area contributed by atoms with E-state index in [4.69, 9.17) is 10.6 Å². The summed E-state index contributed by atoms with van der Waals surface area (Å²) in [7, 11) is 1.73. The number of hydrogen-bond acceptors (Lipinski definition) is 4. The molecule has 0 fully saturated rings. The quantitative estimate of drug-likeness (QED) is 0.618. The van der Waals surface area contributed by atoms with Crippen LogP contribution in [0.2, 0.25) is 0 Å². The number of ether oxygens (including phenoxy) is 1. The van der Waals surface area contributed by atoms with E-state index in [9.17, 15) is 0 Å². The van der Waals surface area contributed by atoms with Gasteiger partial charge in [-0.3, -0.25) is 16.3 Å². The fraction of sp³-hybridized carbons (Fsp3) is 0.400. The Labute approximate surface area is 113 Å². The van der Waals surface area contributed by atoms with Gasteiger partial charge in [0.2, 0.25) is 0 Å². The van der Waals surface area contributed by atoms with Crippen LogP contribution in [-0.4, -0.2) is 18.2 Å². The minimum atomic E-state index is -0.00504. The van der Waals surface area contributed by atoms with Crippen LogP contribution >= 0.6 is 0 Å². The summed E-state index contributed by atoms with van der Waals surface area (Å²) >= 11 is 0. The molecule has 4 heteroatoms. The molecule has 3 N–H and O–H groups in total. The molecule has 4 nitrogen and oxygen atoms in total. The molecule has 0 radical (unpaired) electrons. The zero-order valence-electron chi connectivity index (χ0n) is 11.5. The molecule has 0 aliphatic rings. The van der Waals surface area contributed by atoms with Crippen LogP contribution in [0.15, 0.2) is 36.5 Å². The van der Waals surface area contributed by atoms with E-state index in [0.29, 0.717) is 0 Å². The van der Waals surface area contributed by atoms with Gasteiger partial charge in [0, 0.05) is 18.7 Å². The molecule has 1 heterocycles. The molecular formula is C15H21N3O. The van der Waals surface area contributed by atoms with Crippen molar-refractivity contribution >= 4 is 10.9 Å². The molecule has 0 saturated carbocycles. The zero-order valence-corrected chi connectivity index (χ0v) is 11.5. The zero-order chi connectivity index (χ0) is 13.7. The van der Waals surface area contributed by atoms with E-state index in [1.165, 1.54) is 0 Å². The van der Waals surface area contributed by atoms with Gasteiger partial charge in [-0.2, -0.15) is 0 Å². The van der Waals surface area contributed by atoms with E-state index in [2.05, 4.69) is 35.5 Å². The lowest BCUT2D eigenvalue weighted by Gasteiger charge is -2.25. The molecule has 19 heavy (non-hydrogen) atoms. The van der Waals surface area contributed by atoms with Gasteiger partial charge in [-0.25, -0.2) is 0 Å². The predicted molar refractivity (Wildman–Crippen MR) is 77.5 cm³/mol. The Morgan fingerprint density at radius 3 is 2.89 bits per heavy atom. The number of methoxy groups -OCH3 is 1. The van der Waals surface area contributed by atoms with Crippen LogP contribution in [0.3, 0.4) is 0 Å². The van der Waals surface area contributed by atoms with E-state index in [0.717, 1.165) is 29.3 Å². The first-order valence-electron chi connectivity index (χ1n) is 6.63. The van der Waals surface area contributed by atoms with Crippen molar-refractivity contribution in [3.05, 3.63) is 42.1 Å². The van der Waals surface area contributed by atoms with E-state index in [1.54, 1.807) is 13.3 Å². The second-order valence-electron chi connectivity index (χ2n) is 4.66. The molecule has 2 atom stereocenters. The standard InChI is InChI=1S/C15H21N3O/c1-3-5-14(19-2)15(18-16)12-7-8-13-11(10-12)6-4-9-17-13/h4,6-10,14-15,18H,3,5,16H2,1-2H3. The Morgan fingerprint density at radius 1 is 1.37 bits per heavy atom. The van der Waals surface area contributed by atoms with Gasteiger partial charge >= 0.3 is 0 Å². The number of hydrogen-bond donors (Lipinski definition) is 2. The lowest BCUT2D eigenvalue weighted by molar-refractivity contribution is 0.0606. The van der Waals surface area contributed by atoms with Crippen LogP contribution < -0.4 is 11.3 Å². The third-order valence-electron chi connectivity index (χ3n) is 3.41. The Balaban J connectivity index is 2.34. The van der Waals surface area contributed by atoms with Crippen molar-refractivity contribution in [2.45, 2.75) is 31.9 Å². The Bertz CT molecular complexity index is 530. The summed E-state index contributed by atoms with van der Waals surface area (Å²) in [5.74, 6) is 5.71. The van der Waals surface area contributed by atoms with E-state index < -0.39 is 0 Å². The lowest BCUT2D eigenvalue weighted by Crippen LogP contribution is -2.37. The second kappa shape index (κ2) is 6.61. The minimum absolute atomic E-state index is 0.00504. The van der Waals surface area contributed by atoms with Crippen LogP contribution in [-0.2, 0) is 4.74 Å². The molecule has 0 aliphatic heterocycles. The normalized spacial score (nSPS) is 14.5. The summed E-state index contributed by atoms with van der Waals surface area (Å²) in [6, 6.07) is 10.2. The average Bonchev–Trinajstić information content (AvgIpc) is 2.47. The first-order valence-corrected chi connectivity index (χ1v) is 6.63. The van der Waals surface area contributed by atoms with Gasteiger partial charge in [-0.15, -0.1) is 0 Å². The lowest BCUT2D eigenvalue weighted by atomic mass is 9.97. The van der Waals surface area contributed by atoms with E-state index in [1.807, 2.05) is 12.1 Å². The van der Waals surface area contributed by atoms with Crippen LogP contribution in [0.4, 0.5) is 0 Å². The SMILES string of the molecule is CCCC(OC)C(NN)c1ccc2ncccc2c1. The smallest absolute Gasteiger partial charge is 0.0778 e. The summed E-state index contributed by atoms with van der Waals surface area (Å²) in [6.07, 6.45) is 3.90. The fourth-order valence-electron chi connectivity index (χ4n) is 2.41. The number of nitrogens with zero attached hydrogens (tertiary/aromatic N) is 1. The predicted octanol–water partition coefficient (Wildman–Crippen LogP) is 2.55. The van der Waals surface area contributed by atoms with Crippen molar-refractivity contribution in [1.29, 1.82) is 0 Å². The highest BCUT2D eigenvalue weighted by atomic mass is 16.5. The Morgan fingerprint density at radius 2 is 2.21 bits per heavy atom. The molecule has 1 aromatic heterocycles. The van der Waals surface area contributed by atoms with Crippen molar-refractivity contribution in [1.82, 2.24) is 10.4 Å². The summed E-state index contributed by atoms with van der Waals surface area (Å²) < 4.78 is 5.55. The van der Waals surface area contributed by atoms with Crippen LogP contribution in [0, 0.1) is 0 Å². The number of rotatable bonds is 6. The number of nitrogens with one attached hydrogen (secondary N) is 1. The van der Waals surface area contributed by atoms with Crippen LogP contribution in [0.5, 0.6) is 0 Å². The van der Waals surface area contributed by atoms with Crippen molar-refractivity contribution in [2.24, 2.45) is 5.84 Å². The molecule has 0 saturated heterocycles. The molecule has 102 valence electrons. The Hall–Kier alpha value is -1.49. The van der Waals surface area contributed by atoms with Gasteiger partial charge in [-0.05, 0) is 30.2 Å². The van der Waals surface area contributed by atoms with Crippen LogP contribution in [0.25, 0.3) is 10.9 Å². The first-order chi connectivity index (χ1) is 9.30. The average molecular weight is 259 g/mol. The summed E-state index contributed by atoms with van der Waals surface area (Å²) in [5, 5.41) is 1.12. The third kappa shape index (κ3) is 3.10. The number of benzene rings is 1. The van der Waals surface area contributed by atoms with Crippen molar-refractivity contribution in [2.75, 3.05) is 7.11 Å². The largest absolute Gasteiger partial charge is 0.379 e. The number of aromatic nitrogens is 1. The van der Waals surface area contributed by atoms with E-state index in [-0.39, 0.29) is 12.1 Å². The summed E-state index contributed by atoms with van der Waals surface area (Å²) in [6.45, 7) is 2.14. The highest BCUT2D eigenvalue weighted by Crippen LogP contribution is 2.24. The van der Waals surface area contributed by atoms with Gasteiger partial charge in [0.1, 0.15) is 0 Å². The molecule has 1 aromatic carbocycles. The molecule has 2 aromatic rings. The van der Waals surface area contributed by atoms with Crippen molar-refractivity contribution < 1.29 is 4.74 Å². The maximum absolute atomic E-state index is 5.71. The second-order valence-corrected chi connectivity index (χ2v) is 4.66. The highest BCUT2D eigenvalue weighted by Gasteiger charge is 2.21. The summed E-state index contributed by atoms with van der Waals surface area (Å²) in [5.41, 5.74) is 4.99. The fourth-order valence-corrected chi connectivity index (χ4v) is 2.41. The Kier molecular flexibility index (Phi) is 4.85. The highest BCUT2D eigenvalue weighted by molar-refractivity contribution is 5.79. The van der Waals surface area contributed by atoms with Gasteiger partial charge in [0.05, 0.1) is 17.7 Å². The topological polar surface area (TPSA) is 60.2 Å². The number of pyridine rings is 1. The van der Waals surface area contributed by atoms with Crippen molar-refractivity contribution in [3.63, 3.8) is 0 Å². The third-order valence-corrected chi connectivity index (χ3v) is 3.41. The molecule has 0 spiro atoms. The maximum atomic E-state index is 5.71. The van der Waals surface area contributed by atoms with Gasteiger partial charge in [-0.1, -0.05) is 25.5 Å². The molecule has 0 aliphatic carbocycles. The number of hydrazine groups is 1. The van der Waals surface area contributed by atoms with Gasteiger partial charge in [0.25, 0.3) is 0 Å². The van der Waals surface area contributed by atoms with Crippen LogP contribution in [0.1, 0.15) is 31.4 Å². The minimum Gasteiger partial charge on any atom is -0.379 e. The van der Waals surface area contributed by atoms with E-state index >= 15 is 0 Å². The van der Waals surface area contributed by atoms with Gasteiger partial charge in [0.15, 0.2) is 0 Å². The first kappa shape index (κ1) is 13.9.